The first-order valence-electron chi connectivity index (χ1n) is 7.66. The lowest BCUT2D eigenvalue weighted by molar-refractivity contribution is 0.104. The van der Waals surface area contributed by atoms with E-state index in [1.54, 1.807) is 6.20 Å². The van der Waals surface area contributed by atoms with Crippen molar-refractivity contribution in [1.82, 2.24) is 0 Å². The van der Waals surface area contributed by atoms with Crippen LogP contribution in [0.25, 0.3) is 10.8 Å². The third-order valence-corrected chi connectivity index (χ3v) is 3.91. The summed E-state index contributed by atoms with van der Waals surface area (Å²) in [5.74, 6) is 1.39. The van der Waals surface area contributed by atoms with Crippen molar-refractivity contribution in [3.8, 4) is 11.5 Å². The average molecular weight is 317 g/mol. The molecule has 4 nitrogen and oxygen atoms in total. The van der Waals surface area contributed by atoms with Crippen molar-refractivity contribution in [2.45, 2.75) is 0 Å². The molecule has 1 aliphatic rings. The molecule has 4 heteroatoms. The van der Waals surface area contributed by atoms with Gasteiger partial charge >= 0.3 is 0 Å². The van der Waals surface area contributed by atoms with Crippen LogP contribution >= 0.6 is 0 Å². The number of hydrogen-bond donors (Lipinski definition) is 1. The van der Waals surface area contributed by atoms with Gasteiger partial charge in [0.15, 0.2) is 17.3 Å². The van der Waals surface area contributed by atoms with Crippen LogP contribution in [0.5, 0.6) is 11.5 Å². The van der Waals surface area contributed by atoms with E-state index in [9.17, 15) is 4.79 Å². The van der Waals surface area contributed by atoms with Crippen molar-refractivity contribution in [2.24, 2.45) is 0 Å². The predicted molar refractivity (Wildman–Crippen MR) is 93.6 cm³/mol. The van der Waals surface area contributed by atoms with Crippen LogP contribution in [-0.2, 0) is 0 Å². The summed E-state index contributed by atoms with van der Waals surface area (Å²) < 4.78 is 10.6. The summed E-state index contributed by atoms with van der Waals surface area (Å²) in [4.78, 5) is 12.5. The summed E-state index contributed by atoms with van der Waals surface area (Å²) in [5, 5.41) is 5.10. The number of hydrogen-bond acceptors (Lipinski definition) is 4. The van der Waals surface area contributed by atoms with E-state index in [4.69, 9.17) is 9.47 Å². The van der Waals surface area contributed by atoms with E-state index in [0.29, 0.717) is 11.3 Å². The van der Waals surface area contributed by atoms with Crippen LogP contribution in [-0.4, -0.2) is 12.6 Å². The Kier molecular flexibility index (Phi) is 3.63. The number of ketones is 1. The Hall–Kier alpha value is -3.27. The molecule has 1 heterocycles. The molecular formula is C20H15NO3. The molecule has 3 aromatic rings. The van der Waals surface area contributed by atoms with Crippen molar-refractivity contribution in [2.75, 3.05) is 12.1 Å². The molecule has 0 bridgehead atoms. The van der Waals surface area contributed by atoms with Crippen LogP contribution < -0.4 is 14.8 Å². The number of allylic oxidation sites excluding steroid dienone is 1. The van der Waals surface area contributed by atoms with E-state index in [0.717, 1.165) is 22.2 Å². The summed E-state index contributed by atoms with van der Waals surface area (Å²) in [6, 6.07) is 19.2. The molecule has 24 heavy (non-hydrogen) atoms. The molecule has 4 rings (SSSR count). The smallest absolute Gasteiger partial charge is 0.231 e. The summed E-state index contributed by atoms with van der Waals surface area (Å²) in [6.07, 6.45) is 3.17. The number of rotatable bonds is 4. The summed E-state index contributed by atoms with van der Waals surface area (Å²) in [6.45, 7) is 0.244. The second-order valence-corrected chi connectivity index (χ2v) is 5.44. The molecule has 0 fully saturated rings. The maximum Gasteiger partial charge on any atom is 0.231 e. The number of benzene rings is 3. The normalized spacial score (nSPS) is 12.7. The molecule has 0 saturated carbocycles. The minimum atomic E-state index is -0.0416. The Balaban J connectivity index is 1.52. The maximum absolute atomic E-state index is 12.5. The summed E-state index contributed by atoms with van der Waals surface area (Å²) >= 11 is 0. The van der Waals surface area contributed by atoms with E-state index < -0.39 is 0 Å². The number of carbonyl (C=O) groups is 1. The highest BCUT2D eigenvalue weighted by Gasteiger charge is 2.12. The van der Waals surface area contributed by atoms with Crippen molar-refractivity contribution >= 4 is 22.2 Å². The molecule has 3 aromatic carbocycles. The summed E-state index contributed by atoms with van der Waals surface area (Å²) in [7, 11) is 0. The van der Waals surface area contributed by atoms with Crippen LogP contribution in [0.1, 0.15) is 10.4 Å². The van der Waals surface area contributed by atoms with Gasteiger partial charge < -0.3 is 14.8 Å². The Morgan fingerprint density at radius 3 is 2.75 bits per heavy atom. The quantitative estimate of drug-likeness (QED) is 0.573. The zero-order valence-corrected chi connectivity index (χ0v) is 12.9. The van der Waals surface area contributed by atoms with Gasteiger partial charge in [-0.1, -0.05) is 42.5 Å². The minimum Gasteiger partial charge on any atom is -0.454 e. The molecular weight excluding hydrogens is 302 g/mol. The van der Waals surface area contributed by atoms with Gasteiger partial charge in [0.25, 0.3) is 0 Å². The lowest BCUT2D eigenvalue weighted by Crippen LogP contribution is -1.97. The van der Waals surface area contributed by atoms with Gasteiger partial charge in [-0.25, -0.2) is 0 Å². The third kappa shape index (κ3) is 2.70. The first-order chi connectivity index (χ1) is 11.8. The molecule has 118 valence electrons. The van der Waals surface area contributed by atoms with Gasteiger partial charge in [-0.15, -0.1) is 0 Å². The van der Waals surface area contributed by atoms with Gasteiger partial charge in [-0.3, -0.25) is 4.79 Å². The van der Waals surface area contributed by atoms with Crippen molar-refractivity contribution < 1.29 is 14.3 Å². The molecule has 0 radical (unpaired) electrons. The predicted octanol–water partition coefficient (Wildman–Crippen LogP) is 4.38. The summed E-state index contributed by atoms with van der Waals surface area (Å²) in [5.41, 5.74) is 1.53. The standard InChI is InChI=1S/C20H15NO3/c22-18(17-7-3-5-14-4-1-2-6-16(14)17)10-11-21-15-8-9-19-20(12-15)24-13-23-19/h1-12,21H,13H2/b11-10-. The molecule has 0 aliphatic carbocycles. The molecule has 0 saturated heterocycles. The van der Waals surface area contributed by atoms with Crippen molar-refractivity contribution in [3.05, 3.63) is 78.5 Å². The van der Waals surface area contributed by atoms with Crippen LogP contribution in [0.15, 0.2) is 72.9 Å². The number of anilines is 1. The lowest BCUT2D eigenvalue weighted by Gasteiger charge is -2.04. The highest BCUT2D eigenvalue weighted by molar-refractivity contribution is 6.13. The zero-order chi connectivity index (χ0) is 16.4. The van der Waals surface area contributed by atoms with E-state index >= 15 is 0 Å². The highest BCUT2D eigenvalue weighted by atomic mass is 16.7. The average Bonchev–Trinajstić information content (AvgIpc) is 3.09. The Morgan fingerprint density at radius 2 is 1.79 bits per heavy atom. The fraction of sp³-hybridized carbons (Fsp3) is 0.0500. The molecule has 1 N–H and O–H groups in total. The minimum absolute atomic E-state index is 0.0416. The molecule has 0 spiro atoms. The fourth-order valence-electron chi connectivity index (χ4n) is 2.73. The SMILES string of the molecule is O=C(/C=C\Nc1ccc2c(c1)OCO2)c1cccc2ccccc12. The first kappa shape index (κ1) is 14.3. The van der Waals surface area contributed by atoms with Gasteiger partial charge in [0.05, 0.1) is 0 Å². The first-order valence-corrected chi connectivity index (χ1v) is 7.66. The lowest BCUT2D eigenvalue weighted by atomic mass is 10.0. The van der Waals surface area contributed by atoms with Gasteiger partial charge in [0.1, 0.15) is 0 Å². The van der Waals surface area contributed by atoms with Crippen LogP contribution in [0.3, 0.4) is 0 Å². The molecule has 0 aromatic heterocycles. The Morgan fingerprint density at radius 1 is 0.958 bits per heavy atom. The maximum atomic E-state index is 12.5. The van der Waals surface area contributed by atoms with E-state index in [-0.39, 0.29) is 12.6 Å². The van der Waals surface area contributed by atoms with Crippen molar-refractivity contribution in [1.29, 1.82) is 0 Å². The zero-order valence-electron chi connectivity index (χ0n) is 12.9. The van der Waals surface area contributed by atoms with E-state index in [1.807, 2.05) is 60.7 Å². The number of ether oxygens (including phenoxy) is 2. The largest absolute Gasteiger partial charge is 0.454 e. The van der Waals surface area contributed by atoms with Gasteiger partial charge in [-0.2, -0.15) is 0 Å². The third-order valence-electron chi connectivity index (χ3n) is 3.91. The number of nitrogens with one attached hydrogen (secondary N) is 1. The number of carbonyl (C=O) groups excluding carboxylic acids is 1. The van der Waals surface area contributed by atoms with Gasteiger partial charge in [0, 0.05) is 29.6 Å². The van der Waals surface area contributed by atoms with Crippen LogP contribution in [0, 0.1) is 0 Å². The molecule has 0 amide bonds. The van der Waals surface area contributed by atoms with E-state index in [2.05, 4.69) is 5.32 Å². The van der Waals surface area contributed by atoms with Gasteiger partial charge in [-0.05, 0) is 22.9 Å². The van der Waals surface area contributed by atoms with Crippen LogP contribution in [0.4, 0.5) is 5.69 Å². The highest BCUT2D eigenvalue weighted by Crippen LogP contribution is 2.34. The molecule has 0 atom stereocenters. The number of fused-ring (bicyclic) bond motifs is 2. The van der Waals surface area contributed by atoms with Crippen molar-refractivity contribution in [3.63, 3.8) is 0 Å². The molecule has 1 aliphatic heterocycles. The topological polar surface area (TPSA) is 47.6 Å². The van der Waals surface area contributed by atoms with E-state index in [1.165, 1.54) is 6.08 Å². The second kappa shape index (κ2) is 6.08. The molecule has 0 unspecified atom stereocenters. The van der Waals surface area contributed by atoms with Gasteiger partial charge in [0.2, 0.25) is 6.79 Å². The van der Waals surface area contributed by atoms with Crippen LogP contribution in [0.2, 0.25) is 0 Å². The monoisotopic (exact) mass is 317 g/mol. The Labute approximate surface area is 139 Å². The second-order valence-electron chi connectivity index (χ2n) is 5.44. The Bertz CT molecular complexity index is 941. The fourth-order valence-corrected chi connectivity index (χ4v) is 2.73.